The molecule has 10 nitrogen and oxygen atoms in total. The van der Waals surface area contributed by atoms with Crippen molar-refractivity contribution in [1.82, 2.24) is 0 Å². The first-order valence-electron chi connectivity index (χ1n) is 13.0. The van der Waals surface area contributed by atoms with E-state index in [1.807, 2.05) is 27.7 Å². The molecule has 2 N–H and O–H groups in total. The molecule has 0 radical (unpaired) electrons. The Hall–Kier alpha value is -2.66. The van der Waals surface area contributed by atoms with Crippen molar-refractivity contribution in [3.63, 3.8) is 0 Å². The fourth-order valence-electron chi connectivity index (χ4n) is 6.39. The molecule has 194 valence electrons. The number of ether oxygens (including phenoxy) is 2. The lowest BCUT2D eigenvalue weighted by Gasteiger charge is -2.34. The summed E-state index contributed by atoms with van der Waals surface area (Å²) in [4.78, 5) is 56.8. The summed E-state index contributed by atoms with van der Waals surface area (Å²) in [6.07, 6.45) is 0.462. The van der Waals surface area contributed by atoms with Crippen molar-refractivity contribution in [2.45, 2.75) is 77.0 Å². The van der Waals surface area contributed by atoms with Gasteiger partial charge in [0.25, 0.3) is 11.8 Å². The Morgan fingerprint density at radius 2 is 0.917 bits per heavy atom. The van der Waals surface area contributed by atoms with E-state index < -0.39 is 12.1 Å². The summed E-state index contributed by atoms with van der Waals surface area (Å²) < 4.78 is 11.6. The van der Waals surface area contributed by atoms with Crippen molar-refractivity contribution in [2.75, 3.05) is 36.0 Å². The van der Waals surface area contributed by atoms with Crippen LogP contribution in [-0.2, 0) is 28.7 Å². The molecule has 4 amide bonds. The number of hydrogen-bond donors (Lipinski definition) is 2. The number of benzene rings is 1. The predicted molar refractivity (Wildman–Crippen MR) is 130 cm³/mol. The van der Waals surface area contributed by atoms with E-state index in [0.717, 1.165) is 9.80 Å². The van der Waals surface area contributed by atoms with Gasteiger partial charge in [-0.1, -0.05) is 0 Å². The van der Waals surface area contributed by atoms with E-state index in [-0.39, 0.29) is 60.9 Å². The standard InChI is InChI=1S/C26H34N4O6/c1-15-11-27(12-16(2)35-15)21-9-23(31)29(25(21)33)19-5-7-20(8-6-19)30-24(32)10-22(26(30)34)28-13-17(3)36-18(4)14-28/h5-8,15-18,21-22H,9-14H2,1-4H3/p+2/t15-,16-,17-,18+,21+,22-/m0/s1. The summed E-state index contributed by atoms with van der Waals surface area (Å²) in [5, 5.41) is 0. The first-order valence-corrected chi connectivity index (χ1v) is 13.0. The van der Waals surface area contributed by atoms with Gasteiger partial charge in [-0.2, -0.15) is 0 Å². The highest BCUT2D eigenvalue weighted by Crippen LogP contribution is 2.28. The van der Waals surface area contributed by atoms with Crippen LogP contribution in [0.15, 0.2) is 24.3 Å². The molecule has 4 fully saturated rings. The number of imide groups is 2. The summed E-state index contributed by atoms with van der Waals surface area (Å²) in [5.41, 5.74) is 0.921. The molecule has 1 aromatic carbocycles. The second kappa shape index (κ2) is 9.66. The summed E-state index contributed by atoms with van der Waals surface area (Å²) in [5.74, 6) is -0.887. The Kier molecular flexibility index (Phi) is 6.71. The van der Waals surface area contributed by atoms with Gasteiger partial charge in [-0.25, -0.2) is 9.80 Å². The van der Waals surface area contributed by atoms with E-state index in [1.54, 1.807) is 24.3 Å². The maximum absolute atomic E-state index is 13.3. The smallest absolute Gasteiger partial charge is 0.292 e. The molecule has 36 heavy (non-hydrogen) atoms. The van der Waals surface area contributed by atoms with Gasteiger partial charge in [0.1, 0.15) is 50.6 Å². The highest BCUT2D eigenvalue weighted by molar-refractivity contribution is 6.23. The number of hydrogen-bond acceptors (Lipinski definition) is 6. The van der Waals surface area contributed by atoms with E-state index in [9.17, 15) is 19.2 Å². The van der Waals surface area contributed by atoms with Gasteiger partial charge in [0, 0.05) is 0 Å². The number of nitrogens with zero attached hydrogens (tertiary/aromatic N) is 2. The molecule has 4 aliphatic heterocycles. The van der Waals surface area contributed by atoms with Crippen LogP contribution in [0.3, 0.4) is 0 Å². The second-order valence-corrected chi connectivity index (χ2v) is 10.8. The molecule has 4 heterocycles. The zero-order valence-electron chi connectivity index (χ0n) is 21.4. The van der Waals surface area contributed by atoms with Gasteiger partial charge in [-0.15, -0.1) is 0 Å². The van der Waals surface area contributed by atoms with E-state index in [2.05, 4.69) is 0 Å². The zero-order valence-corrected chi connectivity index (χ0v) is 21.4. The number of morpholine rings is 2. The number of rotatable bonds is 4. The number of quaternary nitrogens is 2. The van der Waals surface area contributed by atoms with E-state index in [0.29, 0.717) is 37.6 Å². The second-order valence-electron chi connectivity index (χ2n) is 10.8. The number of carbonyl (C=O) groups excluding carboxylic acids is 4. The molecule has 10 heteroatoms. The fraction of sp³-hybridized carbons (Fsp3) is 0.615. The molecule has 0 spiro atoms. The molecule has 0 bridgehead atoms. The minimum atomic E-state index is -0.422. The van der Waals surface area contributed by atoms with Crippen molar-refractivity contribution in [1.29, 1.82) is 0 Å². The first kappa shape index (κ1) is 25.0. The van der Waals surface area contributed by atoms with Gasteiger partial charge in [0.05, 0.1) is 24.2 Å². The lowest BCUT2D eigenvalue weighted by Crippen LogP contribution is -3.19. The van der Waals surface area contributed by atoms with Crippen molar-refractivity contribution in [2.24, 2.45) is 0 Å². The largest absolute Gasteiger partial charge is 0.364 e. The van der Waals surface area contributed by atoms with Crippen molar-refractivity contribution < 1.29 is 38.5 Å². The highest BCUT2D eigenvalue weighted by Gasteiger charge is 2.49. The summed E-state index contributed by atoms with van der Waals surface area (Å²) in [6, 6.07) is 5.74. The summed E-state index contributed by atoms with van der Waals surface area (Å²) >= 11 is 0. The van der Waals surface area contributed by atoms with Gasteiger partial charge in [-0.05, 0) is 52.0 Å². The Morgan fingerprint density at radius 3 is 1.22 bits per heavy atom. The van der Waals surface area contributed by atoms with Gasteiger partial charge in [0.2, 0.25) is 11.8 Å². The molecular weight excluding hydrogens is 464 g/mol. The molecule has 1 unspecified atom stereocenters. The molecule has 5 rings (SSSR count). The third kappa shape index (κ3) is 4.58. The van der Waals surface area contributed by atoms with E-state index >= 15 is 0 Å². The first-order chi connectivity index (χ1) is 17.1. The SMILES string of the molecule is C[C@@H]1C[NH+]([C@H]2CC(=O)N(c3ccc(N4C(=O)C[C@@H]([NH+]5C[C@H](C)O[C@@H](C)C5)C4=O)cc3)C2=O)C[C@H](C)O1. The van der Waals surface area contributed by atoms with Crippen LogP contribution in [-0.4, -0.2) is 86.3 Å². The molecule has 0 aliphatic carbocycles. The van der Waals surface area contributed by atoms with Crippen molar-refractivity contribution in [3.8, 4) is 0 Å². The average molecular weight is 501 g/mol. The predicted octanol–water partition coefficient (Wildman–Crippen LogP) is -1.67. The van der Waals surface area contributed by atoms with E-state index in [1.165, 1.54) is 9.80 Å². The summed E-state index contributed by atoms with van der Waals surface area (Å²) in [7, 11) is 0. The number of anilines is 2. The van der Waals surface area contributed by atoms with Gasteiger partial charge >= 0.3 is 0 Å². The van der Waals surface area contributed by atoms with Crippen LogP contribution >= 0.6 is 0 Å². The average Bonchev–Trinajstić information content (AvgIpc) is 3.27. The van der Waals surface area contributed by atoms with Crippen LogP contribution in [0, 0.1) is 0 Å². The van der Waals surface area contributed by atoms with Gasteiger partial charge in [0.15, 0.2) is 12.1 Å². The zero-order chi connectivity index (χ0) is 25.7. The Morgan fingerprint density at radius 1 is 0.611 bits per heavy atom. The Balaban J connectivity index is 1.30. The van der Waals surface area contributed by atoms with Crippen LogP contribution in [0.5, 0.6) is 0 Å². The lowest BCUT2D eigenvalue weighted by atomic mass is 10.1. The molecule has 4 saturated heterocycles. The molecule has 0 saturated carbocycles. The minimum absolute atomic E-state index is 0.0325. The third-order valence-electron chi connectivity index (χ3n) is 7.77. The summed E-state index contributed by atoms with van der Waals surface area (Å²) in [6.45, 7) is 10.7. The number of amides is 4. The van der Waals surface area contributed by atoms with Crippen LogP contribution in [0.4, 0.5) is 11.4 Å². The van der Waals surface area contributed by atoms with Gasteiger partial charge in [-0.3, -0.25) is 19.2 Å². The monoisotopic (exact) mass is 500 g/mol. The van der Waals surface area contributed by atoms with E-state index in [4.69, 9.17) is 9.47 Å². The molecule has 1 aromatic rings. The maximum Gasteiger partial charge on any atom is 0.292 e. The van der Waals surface area contributed by atoms with Crippen LogP contribution < -0.4 is 19.6 Å². The molecular formula is C26H36N4O6+2. The van der Waals surface area contributed by atoms with Crippen LogP contribution in [0.25, 0.3) is 0 Å². The number of carbonyl (C=O) groups is 4. The molecule has 4 aliphatic rings. The molecule has 7 atom stereocenters. The third-order valence-corrected chi connectivity index (χ3v) is 7.77. The highest BCUT2D eigenvalue weighted by atomic mass is 16.5. The fourth-order valence-corrected chi connectivity index (χ4v) is 6.39. The van der Waals surface area contributed by atoms with Crippen LogP contribution in [0.1, 0.15) is 40.5 Å². The van der Waals surface area contributed by atoms with Crippen LogP contribution in [0.2, 0.25) is 0 Å². The van der Waals surface area contributed by atoms with Gasteiger partial charge < -0.3 is 19.3 Å². The number of nitrogens with one attached hydrogen (secondary N) is 2. The quantitative estimate of drug-likeness (QED) is 0.480. The maximum atomic E-state index is 13.3. The van der Waals surface area contributed by atoms with Crippen molar-refractivity contribution >= 4 is 35.0 Å². The lowest BCUT2D eigenvalue weighted by molar-refractivity contribution is -0.929. The minimum Gasteiger partial charge on any atom is -0.364 e. The Labute approximate surface area is 211 Å². The Bertz CT molecular complexity index is 958. The normalized spacial score (nSPS) is 37.8. The van der Waals surface area contributed by atoms with Crippen molar-refractivity contribution in [3.05, 3.63) is 24.3 Å². The molecule has 0 aromatic heterocycles. The topological polar surface area (TPSA) is 102 Å².